The van der Waals surface area contributed by atoms with Gasteiger partial charge in [-0.15, -0.1) is 0 Å². The zero-order valence-corrected chi connectivity index (χ0v) is 8.40. The predicted molar refractivity (Wildman–Crippen MR) is 55.6 cm³/mol. The minimum atomic E-state index is -0.362. The van der Waals surface area contributed by atoms with E-state index in [9.17, 15) is 4.79 Å². The summed E-state index contributed by atoms with van der Waals surface area (Å²) in [5.41, 5.74) is 7.43. The van der Waals surface area contributed by atoms with E-state index in [1.807, 2.05) is 6.07 Å². The molecule has 1 aromatic rings. The van der Waals surface area contributed by atoms with Crippen LogP contribution in [0.15, 0.2) is 35.6 Å². The van der Waals surface area contributed by atoms with Gasteiger partial charge in [0, 0.05) is 12.0 Å². The van der Waals surface area contributed by atoms with E-state index < -0.39 is 0 Å². The van der Waals surface area contributed by atoms with Crippen LogP contribution in [0.4, 0.5) is 0 Å². The Bertz CT molecular complexity index is 374. The average Bonchev–Trinajstić information content (AvgIpc) is 2.30. The van der Waals surface area contributed by atoms with Crippen LogP contribution in [0.25, 0.3) is 0 Å². The molecular weight excluding hydrogens is 192 g/mol. The molecule has 1 aromatic carbocycles. The smallest absolute Gasteiger partial charge is 0.249 e. The SMILES string of the molecule is CCC(=O)N(N=N)C(=N)c1ccccc1. The largest absolute Gasteiger partial charge is 0.282 e. The minimum Gasteiger partial charge on any atom is -0.282 e. The lowest BCUT2D eigenvalue weighted by atomic mass is 10.2. The average molecular weight is 204 g/mol. The molecule has 0 aliphatic rings. The molecule has 0 radical (unpaired) electrons. The van der Waals surface area contributed by atoms with Gasteiger partial charge in [-0.1, -0.05) is 42.5 Å². The van der Waals surface area contributed by atoms with Crippen LogP contribution in [-0.2, 0) is 4.79 Å². The summed E-state index contributed by atoms with van der Waals surface area (Å²) in [6.07, 6.45) is 0.220. The summed E-state index contributed by atoms with van der Waals surface area (Å²) in [6, 6.07) is 8.75. The van der Waals surface area contributed by atoms with Crippen LogP contribution in [0.2, 0.25) is 0 Å². The fourth-order valence-corrected chi connectivity index (χ4v) is 1.10. The third kappa shape index (κ3) is 2.46. The predicted octanol–water partition coefficient (Wildman–Crippen LogP) is 2.20. The van der Waals surface area contributed by atoms with Gasteiger partial charge in [-0.3, -0.25) is 10.2 Å². The van der Waals surface area contributed by atoms with Crippen LogP contribution in [0.5, 0.6) is 0 Å². The number of benzene rings is 1. The standard InChI is InChI=1S/C10H12N4O/c1-2-9(15)14(13-12)10(11)8-6-4-3-5-7-8/h3-7,11-12H,2H2,1H3. The number of hydrogen-bond acceptors (Lipinski definition) is 4. The molecule has 5 heteroatoms. The number of carbonyl (C=O) groups excluding carboxylic acids is 1. The molecule has 0 saturated carbocycles. The summed E-state index contributed by atoms with van der Waals surface area (Å²) in [4.78, 5) is 11.3. The van der Waals surface area contributed by atoms with Crippen LogP contribution >= 0.6 is 0 Å². The fraction of sp³-hybridized carbons (Fsp3) is 0.200. The van der Waals surface area contributed by atoms with Crippen molar-refractivity contribution in [3.63, 3.8) is 0 Å². The molecule has 0 aromatic heterocycles. The highest BCUT2D eigenvalue weighted by atomic mass is 16.2. The number of hydrogen-bond donors (Lipinski definition) is 2. The minimum absolute atomic E-state index is 0.0718. The van der Waals surface area contributed by atoms with Crippen molar-refractivity contribution in [2.45, 2.75) is 13.3 Å². The van der Waals surface area contributed by atoms with Gasteiger partial charge in [-0.25, -0.2) is 0 Å². The Morgan fingerprint density at radius 3 is 2.47 bits per heavy atom. The van der Waals surface area contributed by atoms with Crippen molar-refractivity contribution in [2.75, 3.05) is 0 Å². The van der Waals surface area contributed by atoms with Crippen molar-refractivity contribution in [1.29, 1.82) is 10.9 Å². The third-order valence-corrected chi connectivity index (χ3v) is 1.90. The number of amides is 1. The Kier molecular flexibility index (Phi) is 3.68. The first-order chi connectivity index (χ1) is 7.20. The zero-order valence-electron chi connectivity index (χ0n) is 8.40. The van der Waals surface area contributed by atoms with Crippen molar-refractivity contribution in [2.24, 2.45) is 5.22 Å². The first-order valence-corrected chi connectivity index (χ1v) is 4.55. The molecule has 0 bridgehead atoms. The maximum atomic E-state index is 11.3. The van der Waals surface area contributed by atoms with Gasteiger partial charge in [-0.2, -0.15) is 10.5 Å². The summed E-state index contributed by atoms with van der Waals surface area (Å²) in [7, 11) is 0. The van der Waals surface area contributed by atoms with E-state index in [1.165, 1.54) is 0 Å². The van der Waals surface area contributed by atoms with E-state index in [-0.39, 0.29) is 18.2 Å². The van der Waals surface area contributed by atoms with Gasteiger partial charge in [0.15, 0.2) is 5.84 Å². The van der Waals surface area contributed by atoms with Crippen LogP contribution in [0.3, 0.4) is 0 Å². The Hall–Kier alpha value is -2.04. The lowest BCUT2D eigenvalue weighted by molar-refractivity contribution is -0.127. The molecule has 0 heterocycles. The molecule has 5 nitrogen and oxygen atoms in total. The molecular formula is C10H12N4O. The first kappa shape index (κ1) is 11.0. The lowest BCUT2D eigenvalue weighted by Gasteiger charge is -2.14. The second-order valence-electron chi connectivity index (χ2n) is 2.87. The molecule has 1 rings (SSSR count). The van der Waals surface area contributed by atoms with E-state index in [1.54, 1.807) is 31.2 Å². The van der Waals surface area contributed by atoms with Crippen molar-refractivity contribution in [3.8, 4) is 0 Å². The van der Waals surface area contributed by atoms with Gasteiger partial charge < -0.3 is 0 Å². The monoisotopic (exact) mass is 204 g/mol. The van der Waals surface area contributed by atoms with Crippen LogP contribution in [0, 0.1) is 10.9 Å². The van der Waals surface area contributed by atoms with Gasteiger partial charge >= 0.3 is 0 Å². The number of nitrogens with zero attached hydrogens (tertiary/aromatic N) is 2. The van der Waals surface area contributed by atoms with Gasteiger partial charge in [-0.05, 0) is 0 Å². The molecule has 0 saturated heterocycles. The molecule has 0 aliphatic heterocycles. The molecule has 78 valence electrons. The normalized spacial score (nSPS) is 9.40. The van der Waals surface area contributed by atoms with Crippen LogP contribution < -0.4 is 0 Å². The number of nitrogens with one attached hydrogen (secondary N) is 2. The van der Waals surface area contributed by atoms with Gasteiger partial charge in [0.2, 0.25) is 5.91 Å². The third-order valence-electron chi connectivity index (χ3n) is 1.90. The number of carbonyl (C=O) groups is 1. The Labute approximate surface area is 87.7 Å². The zero-order chi connectivity index (χ0) is 11.3. The molecule has 1 amide bonds. The molecule has 2 N–H and O–H groups in total. The second kappa shape index (κ2) is 4.99. The van der Waals surface area contributed by atoms with Crippen LogP contribution in [0.1, 0.15) is 18.9 Å². The van der Waals surface area contributed by atoms with E-state index in [0.29, 0.717) is 5.56 Å². The van der Waals surface area contributed by atoms with Crippen molar-refractivity contribution < 1.29 is 4.79 Å². The Balaban J connectivity index is 2.92. The first-order valence-electron chi connectivity index (χ1n) is 4.55. The Morgan fingerprint density at radius 1 is 1.40 bits per heavy atom. The van der Waals surface area contributed by atoms with Crippen molar-refractivity contribution in [1.82, 2.24) is 5.01 Å². The summed E-state index contributed by atoms with van der Waals surface area (Å²) in [5.74, 6) is -0.434. The quantitative estimate of drug-likeness (QED) is 0.336. The van der Waals surface area contributed by atoms with Crippen molar-refractivity contribution in [3.05, 3.63) is 35.9 Å². The Morgan fingerprint density at radius 2 is 2.00 bits per heavy atom. The maximum absolute atomic E-state index is 11.3. The highest BCUT2D eigenvalue weighted by molar-refractivity contribution is 6.05. The second-order valence-corrected chi connectivity index (χ2v) is 2.87. The highest BCUT2D eigenvalue weighted by Gasteiger charge is 2.17. The maximum Gasteiger partial charge on any atom is 0.249 e. The summed E-state index contributed by atoms with van der Waals surface area (Å²) < 4.78 is 0. The topological polar surface area (TPSA) is 80.4 Å². The summed E-state index contributed by atoms with van der Waals surface area (Å²) in [6.45, 7) is 1.67. The molecule has 0 unspecified atom stereocenters. The highest BCUT2D eigenvalue weighted by Crippen LogP contribution is 2.06. The number of amidine groups is 1. The molecule has 0 aliphatic carbocycles. The van der Waals surface area contributed by atoms with E-state index in [0.717, 1.165) is 5.01 Å². The van der Waals surface area contributed by atoms with Gasteiger partial charge in [0.1, 0.15) is 0 Å². The van der Waals surface area contributed by atoms with E-state index in [4.69, 9.17) is 10.9 Å². The van der Waals surface area contributed by atoms with Crippen molar-refractivity contribution >= 4 is 11.7 Å². The molecule has 0 spiro atoms. The fourth-order valence-electron chi connectivity index (χ4n) is 1.10. The summed E-state index contributed by atoms with van der Waals surface area (Å²) >= 11 is 0. The van der Waals surface area contributed by atoms with Gasteiger partial charge in [0.05, 0.1) is 0 Å². The number of rotatable bonds is 3. The molecule has 0 fully saturated rings. The van der Waals surface area contributed by atoms with Gasteiger partial charge in [0.25, 0.3) is 0 Å². The lowest BCUT2D eigenvalue weighted by Crippen LogP contribution is -2.31. The van der Waals surface area contributed by atoms with E-state index >= 15 is 0 Å². The van der Waals surface area contributed by atoms with Crippen LogP contribution in [-0.4, -0.2) is 16.8 Å². The van der Waals surface area contributed by atoms with E-state index in [2.05, 4.69) is 5.22 Å². The molecule has 15 heavy (non-hydrogen) atoms. The summed E-state index contributed by atoms with van der Waals surface area (Å²) in [5, 5.41) is 11.5. The molecule has 0 atom stereocenters.